The number of carbonyl (C=O) groups is 3. The minimum absolute atomic E-state index is 0.00461. The predicted octanol–water partition coefficient (Wildman–Crippen LogP) is 2.08. The average molecular weight is 362 g/mol. The van der Waals surface area contributed by atoms with Crippen molar-refractivity contribution in [1.82, 2.24) is 0 Å². The lowest BCUT2D eigenvalue weighted by Crippen LogP contribution is -2.53. The highest BCUT2D eigenvalue weighted by atomic mass is 16.6. The number of esters is 2. The Morgan fingerprint density at radius 2 is 1.85 bits per heavy atom. The van der Waals surface area contributed by atoms with Crippen LogP contribution in [0.1, 0.15) is 59.3 Å². The van der Waals surface area contributed by atoms with Crippen molar-refractivity contribution < 1.29 is 29.0 Å². The van der Waals surface area contributed by atoms with E-state index in [0.29, 0.717) is 18.4 Å². The number of carbonyl (C=O) groups excluding carboxylic acids is 3. The maximum atomic E-state index is 12.9. The van der Waals surface area contributed by atoms with Crippen molar-refractivity contribution >= 4 is 17.7 Å². The van der Waals surface area contributed by atoms with E-state index in [1.54, 1.807) is 6.92 Å². The summed E-state index contributed by atoms with van der Waals surface area (Å²) in [5.41, 5.74) is -0.424. The van der Waals surface area contributed by atoms with Gasteiger partial charge in [0, 0.05) is 5.92 Å². The Hall–Kier alpha value is -1.69. The summed E-state index contributed by atoms with van der Waals surface area (Å²) >= 11 is 0. The van der Waals surface area contributed by atoms with E-state index in [1.807, 2.05) is 6.92 Å². The largest absolute Gasteiger partial charge is 0.463 e. The Morgan fingerprint density at radius 3 is 2.50 bits per heavy atom. The van der Waals surface area contributed by atoms with Crippen molar-refractivity contribution in [2.75, 3.05) is 6.61 Å². The van der Waals surface area contributed by atoms with Gasteiger partial charge in [-0.15, -0.1) is 0 Å². The zero-order chi connectivity index (χ0) is 18.9. The number of aliphatic hydroxyl groups is 1. The normalized spacial score (nSPS) is 44.8. The minimum atomic E-state index is -1.17. The van der Waals surface area contributed by atoms with Crippen LogP contribution in [0, 0.1) is 16.7 Å². The molecule has 0 bridgehead atoms. The molecule has 0 aromatic carbocycles. The first-order valence-corrected chi connectivity index (χ1v) is 9.44. The summed E-state index contributed by atoms with van der Waals surface area (Å²) in [6.07, 6.45) is 2.76. The van der Waals surface area contributed by atoms with E-state index in [-0.39, 0.29) is 42.1 Å². The van der Waals surface area contributed by atoms with E-state index in [9.17, 15) is 19.5 Å². The Bertz CT molecular complexity index is 739. The van der Waals surface area contributed by atoms with E-state index in [4.69, 9.17) is 9.47 Å². The zero-order valence-corrected chi connectivity index (χ0v) is 15.6. The van der Waals surface area contributed by atoms with Crippen LogP contribution in [0.4, 0.5) is 0 Å². The van der Waals surface area contributed by atoms with Gasteiger partial charge in [0.25, 0.3) is 0 Å². The lowest BCUT2D eigenvalue weighted by atomic mass is 9.49. The van der Waals surface area contributed by atoms with Gasteiger partial charge in [0.05, 0.1) is 11.8 Å². The molecule has 0 spiro atoms. The van der Waals surface area contributed by atoms with Crippen molar-refractivity contribution in [3.63, 3.8) is 0 Å². The molecule has 0 aromatic rings. The smallest absolute Gasteiger partial charge is 0.313 e. The van der Waals surface area contributed by atoms with Gasteiger partial charge in [-0.1, -0.05) is 18.9 Å². The van der Waals surface area contributed by atoms with E-state index in [2.05, 4.69) is 6.92 Å². The Balaban J connectivity index is 1.69. The van der Waals surface area contributed by atoms with Crippen LogP contribution in [-0.4, -0.2) is 41.1 Å². The van der Waals surface area contributed by atoms with Crippen molar-refractivity contribution in [3.8, 4) is 0 Å². The summed E-state index contributed by atoms with van der Waals surface area (Å²) in [5, 5.41) is 10.6. The summed E-state index contributed by atoms with van der Waals surface area (Å²) in [6, 6.07) is 0. The van der Waals surface area contributed by atoms with Gasteiger partial charge in [0.2, 0.25) is 0 Å². The summed E-state index contributed by atoms with van der Waals surface area (Å²) < 4.78 is 10.5. The molecule has 26 heavy (non-hydrogen) atoms. The Kier molecular flexibility index (Phi) is 3.69. The van der Waals surface area contributed by atoms with Crippen molar-refractivity contribution in [2.24, 2.45) is 16.7 Å². The van der Waals surface area contributed by atoms with Gasteiger partial charge >= 0.3 is 11.9 Å². The first kappa shape index (κ1) is 17.7. The van der Waals surface area contributed by atoms with Gasteiger partial charge < -0.3 is 14.6 Å². The van der Waals surface area contributed by atoms with Crippen LogP contribution >= 0.6 is 0 Å². The molecule has 5 atom stereocenters. The van der Waals surface area contributed by atoms with Crippen LogP contribution in [0.15, 0.2) is 11.1 Å². The molecule has 0 amide bonds. The van der Waals surface area contributed by atoms with E-state index < -0.39 is 17.1 Å². The van der Waals surface area contributed by atoms with Gasteiger partial charge in [0.1, 0.15) is 12.2 Å². The highest BCUT2D eigenvalue weighted by Gasteiger charge is 2.67. The Morgan fingerprint density at radius 1 is 1.15 bits per heavy atom. The zero-order valence-electron chi connectivity index (χ0n) is 15.6. The topological polar surface area (TPSA) is 89.9 Å². The van der Waals surface area contributed by atoms with E-state index >= 15 is 0 Å². The van der Waals surface area contributed by atoms with Crippen LogP contribution in [-0.2, 0) is 23.9 Å². The van der Waals surface area contributed by atoms with Gasteiger partial charge in [-0.25, -0.2) is 0 Å². The summed E-state index contributed by atoms with van der Waals surface area (Å²) in [7, 11) is 0. The fourth-order valence-electron chi connectivity index (χ4n) is 5.96. The molecule has 2 heterocycles. The molecular weight excluding hydrogens is 336 g/mol. The highest BCUT2D eigenvalue weighted by molar-refractivity contribution is 6.04. The van der Waals surface area contributed by atoms with Gasteiger partial charge in [-0.2, -0.15) is 0 Å². The standard InChI is InChI=1S/C20H26O6/c1-11-12(5-8-20(24)9-13(21)25-10-20)18(2)6-4-7-19(3)16(18)15(14(11)22)26-17(19)23/h15-16,24H,4-10H2,1-3H3/t15-,16-,18-,19+,20-/m1/s1. The molecule has 1 saturated carbocycles. The van der Waals surface area contributed by atoms with Crippen LogP contribution in [0.25, 0.3) is 0 Å². The lowest BCUT2D eigenvalue weighted by molar-refractivity contribution is -0.151. The first-order valence-electron chi connectivity index (χ1n) is 9.44. The molecule has 0 unspecified atom stereocenters. The molecule has 6 nitrogen and oxygen atoms in total. The quantitative estimate of drug-likeness (QED) is 0.773. The number of cyclic esters (lactones) is 1. The third kappa shape index (κ3) is 2.24. The Labute approximate surface area is 152 Å². The van der Waals surface area contributed by atoms with Crippen LogP contribution < -0.4 is 0 Å². The van der Waals surface area contributed by atoms with Gasteiger partial charge in [-0.3, -0.25) is 14.4 Å². The third-order valence-corrected chi connectivity index (χ3v) is 7.35. The minimum Gasteiger partial charge on any atom is -0.463 e. The molecule has 0 radical (unpaired) electrons. The number of Topliss-reactive ketones (excluding diaryl/α,β-unsaturated/α-hetero) is 1. The molecule has 6 heteroatoms. The van der Waals surface area contributed by atoms with Crippen molar-refractivity contribution in [1.29, 1.82) is 0 Å². The fraction of sp³-hybridized carbons (Fsp3) is 0.750. The predicted molar refractivity (Wildman–Crippen MR) is 90.9 cm³/mol. The molecule has 1 N–H and O–H groups in total. The maximum absolute atomic E-state index is 12.9. The summed E-state index contributed by atoms with van der Waals surface area (Å²) in [5.74, 6) is -0.899. The average Bonchev–Trinajstić information content (AvgIpc) is 3.04. The molecular formula is C20H26O6. The number of ketones is 1. The van der Waals surface area contributed by atoms with E-state index in [0.717, 1.165) is 24.8 Å². The summed E-state index contributed by atoms with van der Waals surface area (Å²) in [4.78, 5) is 36.9. The number of hydrogen-bond donors (Lipinski definition) is 1. The second kappa shape index (κ2) is 5.41. The molecule has 142 valence electrons. The summed E-state index contributed by atoms with van der Waals surface area (Å²) in [6.45, 7) is 5.88. The van der Waals surface area contributed by atoms with Crippen LogP contribution in [0.2, 0.25) is 0 Å². The maximum Gasteiger partial charge on any atom is 0.313 e. The second-order valence-electron chi connectivity index (χ2n) is 9.02. The van der Waals surface area contributed by atoms with Gasteiger partial charge in [-0.05, 0) is 50.5 Å². The van der Waals surface area contributed by atoms with Crippen molar-refractivity contribution in [3.05, 3.63) is 11.1 Å². The van der Waals surface area contributed by atoms with Gasteiger partial charge in [0.15, 0.2) is 11.9 Å². The monoisotopic (exact) mass is 362 g/mol. The SMILES string of the molecule is CC1=C(CC[C@]2(O)COC(=O)C2)[C@@]2(C)CCC[C@]3(C)C(=O)O[C@H](C1=O)[C@@H]32. The fourth-order valence-corrected chi connectivity index (χ4v) is 5.96. The first-order chi connectivity index (χ1) is 12.1. The van der Waals surface area contributed by atoms with E-state index in [1.165, 1.54) is 0 Å². The number of allylic oxidation sites excluding steroid dienone is 1. The molecule has 4 aliphatic rings. The van der Waals surface area contributed by atoms with Crippen molar-refractivity contribution in [2.45, 2.75) is 71.0 Å². The molecule has 2 saturated heterocycles. The number of rotatable bonds is 3. The molecule has 3 fully saturated rings. The third-order valence-electron chi connectivity index (χ3n) is 7.35. The molecule has 2 aliphatic heterocycles. The number of ether oxygens (including phenoxy) is 2. The molecule has 2 aliphatic carbocycles. The number of hydrogen-bond acceptors (Lipinski definition) is 6. The lowest BCUT2D eigenvalue weighted by Gasteiger charge is -2.51. The molecule has 0 aromatic heterocycles. The van der Waals surface area contributed by atoms with Crippen LogP contribution in [0.5, 0.6) is 0 Å². The molecule has 4 rings (SSSR count). The second-order valence-corrected chi connectivity index (χ2v) is 9.02. The highest BCUT2D eigenvalue weighted by Crippen LogP contribution is 2.63. The van der Waals surface area contributed by atoms with Crippen LogP contribution in [0.3, 0.4) is 0 Å².